The summed E-state index contributed by atoms with van der Waals surface area (Å²) in [6.45, 7) is 4.12. The van der Waals surface area contributed by atoms with Gasteiger partial charge in [0.05, 0.1) is 6.54 Å². The summed E-state index contributed by atoms with van der Waals surface area (Å²) in [5.41, 5.74) is -0.606. The Bertz CT molecular complexity index is 339. The van der Waals surface area contributed by atoms with Gasteiger partial charge in [-0.15, -0.1) is 0 Å². The Labute approximate surface area is 115 Å². The van der Waals surface area contributed by atoms with Gasteiger partial charge in [0.1, 0.15) is 5.60 Å². The lowest BCUT2D eigenvalue weighted by Gasteiger charge is -2.37. The van der Waals surface area contributed by atoms with Crippen molar-refractivity contribution in [3.8, 4) is 0 Å². The molecule has 0 atom stereocenters. The molecule has 20 heavy (non-hydrogen) atoms. The molecule has 0 bridgehead atoms. The molecular weight excluding hydrogens is 280 g/mol. The molecule has 1 rings (SSSR count). The number of halogens is 4. The minimum Gasteiger partial charge on any atom is -0.444 e. The number of hydrogen-bond donors (Lipinski definition) is 2. The van der Waals surface area contributed by atoms with Crippen LogP contribution in [0.5, 0.6) is 0 Å². The van der Waals surface area contributed by atoms with Gasteiger partial charge in [0.25, 0.3) is 0 Å². The third-order valence-electron chi connectivity index (χ3n) is 2.80. The molecule has 4 nitrogen and oxygen atoms in total. The van der Waals surface area contributed by atoms with Gasteiger partial charge in [-0.1, -0.05) is 0 Å². The van der Waals surface area contributed by atoms with Crippen molar-refractivity contribution in [2.75, 3.05) is 6.54 Å². The van der Waals surface area contributed by atoms with Crippen LogP contribution in [0.15, 0.2) is 0 Å². The molecule has 0 heterocycles. The van der Waals surface area contributed by atoms with Gasteiger partial charge in [0.15, 0.2) is 0 Å². The largest absolute Gasteiger partial charge is 0.444 e. The van der Waals surface area contributed by atoms with Crippen LogP contribution < -0.4 is 10.6 Å². The van der Waals surface area contributed by atoms with Crippen LogP contribution in [-0.4, -0.2) is 42.7 Å². The predicted octanol–water partition coefficient (Wildman–Crippen LogP) is 2.53. The van der Waals surface area contributed by atoms with Crippen molar-refractivity contribution in [2.45, 2.75) is 63.6 Å². The summed E-state index contributed by atoms with van der Waals surface area (Å²) in [6, 6.07) is -0.470. The second-order valence-electron chi connectivity index (χ2n) is 5.95. The average Bonchev–Trinajstić information content (AvgIpc) is 2.18. The first kappa shape index (κ1) is 17.0. The second-order valence-corrected chi connectivity index (χ2v) is 5.95. The molecule has 8 heteroatoms. The lowest BCUT2D eigenvalue weighted by molar-refractivity contribution is -0.127. The monoisotopic (exact) mass is 300 g/mol. The van der Waals surface area contributed by atoms with E-state index < -0.39 is 30.6 Å². The van der Waals surface area contributed by atoms with E-state index in [0.717, 1.165) is 0 Å². The normalized spacial score (nSPS) is 23.4. The zero-order valence-corrected chi connectivity index (χ0v) is 11.7. The second kappa shape index (κ2) is 6.15. The quantitative estimate of drug-likeness (QED) is 0.767. The Kier molecular flexibility index (Phi) is 5.23. The number of ether oxygens (including phenoxy) is 1. The predicted molar refractivity (Wildman–Crippen MR) is 65.1 cm³/mol. The minimum atomic E-state index is -4.02. The fourth-order valence-electron chi connectivity index (χ4n) is 1.73. The van der Waals surface area contributed by atoms with Gasteiger partial charge in [-0.25, -0.2) is 13.6 Å². The van der Waals surface area contributed by atoms with E-state index in [4.69, 9.17) is 4.74 Å². The summed E-state index contributed by atoms with van der Waals surface area (Å²) in [5, 5.41) is 4.96. The summed E-state index contributed by atoms with van der Waals surface area (Å²) in [6.07, 6.45) is -3.42. The van der Waals surface area contributed by atoms with Crippen LogP contribution in [0.4, 0.5) is 22.4 Å². The van der Waals surface area contributed by atoms with Gasteiger partial charge in [-0.2, -0.15) is 8.78 Å². The van der Waals surface area contributed by atoms with E-state index in [-0.39, 0.29) is 12.1 Å². The first-order valence-electron chi connectivity index (χ1n) is 6.38. The molecule has 1 saturated carbocycles. The molecule has 0 radical (unpaired) electrons. The number of rotatable bonds is 5. The molecule has 2 N–H and O–H groups in total. The maximum Gasteiger partial charge on any atom is 0.407 e. The van der Waals surface area contributed by atoms with E-state index in [1.165, 1.54) is 0 Å². The van der Waals surface area contributed by atoms with Crippen molar-refractivity contribution < 1.29 is 27.1 Å². The van der Waals surface area contributed by atoms with Crippen LogP contribution in [-0.2, 0) is 4.74 Å². The number of hydrogen-bond acceptors (Lipinski definition) is 3. The Hall–Kier alpha value is -1.05. The molecule has 1 aliphatic rings. The van der Waals surface area contributed by atoms with E-state index in [0.29, 0.717) is 12.8 Å². The molecule has 0 spiro atoms. The highest BCUT2D eigenvalue weighted by molar-refractivity contribution is 5.68. The van der Waals surface area contributed by atoms with Gasteiger partial charge in [0, 0.05) is 12.1 Å². The third kappa shape index (κ3) is 5.52. The maximum absolute atomic E-state index is 12.7. The van der Waals surface area contributed by atoms with Crippen LogP contribution in [0.2, 0.25) is 0 Å². The van der Waals surface area contributed by atoms with Gasteiger partial charge < -0.3 is 15.4 Å². The summed E-state index contributed by atoms with van der Waals surface area (Å²) in [4.78, 5) is 11.4. The average molecular weight is 300 g/mol. The van der Waals surface area contributed by atoms with E-state index in [9.17, 15) is 22.4 Å². The first-order valence-corrected chi connectivity index (χ1v) is 6.38. The number of nitrogens with one attached hydrogen (secondary N) is 2. The zero-order valence-electron chi connectivity index (χ0n) is 11.7. The van der Waals surface area contributed by atoms with E-state index in [1.54, 1.807) is 20.8 Å². The number of amides is 1. The molecule has 1 fully saturated rings. The Morgan fingerprint density at radius 2 is 1.80 bits per heavy atom. The standard InChI is InChI=1S/C12H20F4N2O2/c1-11(2,3)20-10(19)18-8-4-7(5-8)17-6-12(15,16)9(13)14/h7-9,17H,4-6H2,1-3H3,(H,18,19). The Morgan fingerprint density at radius 3 is 2.25 bits per heavy atom. The van der Waals surface area contributed by atoms with E-state index in [2.05, 4.69) is 10.6 Å². The van der Waals surface area contributed by atoms with Crippen molar-refractivity contribution >= 4 is 6.09 Å². The molecule has 0 saturated heterocycles. The van der Waals surface area contributed by atoms with Crippen LogP contribution in [0.1, 0.15) is 33.6 Å². The molecule has 0 aromatic rings. The van der Waals surface area contributed by atoms with Crippen LogP contribution in [0.3, 0.4) is 0 Å². The fourth-order valence-corrected chi connectivity index (χ4v) is 1.73. The summed E-state index contributed by atoms with van der Waals surface area (Å²) < 4.78 is 54.2. The molecule has 1 amide bonds. The topological polar surface area (TPSA) is 50.4 Å². The zero-order chi connectivity index (χ0) is 15.6. The molecule has 0 aromatic carbocycles. The highest BCUT2D eigenvalue weighted by Gasteiger charge is 2.42. The number of alkyl halides is 4. The minimum absolute atomic E-state index is 0.178. The number of alkyl carbamates (subject to hydrolysis) is 1. The molecule has 118 valence electrons. The Balaban J connectivity index is 2.19. The van der Waals surface area contributed by atoms with Crippen molar-refractivity contribution in [1.29, 1.82) is 0 Å². The van der Waals surface area contributed by atoms with E-state index in [1.807, 2.05) is 0 Å². The summed E-state index contributed by atoms with van der Waals surface area (Å²) in [5.74, 6) is -4.02. The molecular formula is C12H20F4N2O2. The highest BCUT2D eigenvalue weighted by Crippen LogP contribution is 2.25. The summed E-state index contributed by atoms with van der Waals surface area (Å²) >= 11 is 0. The van der Waals surface area contributed by atoms with E-state index >= 15 is 0 Å². The van der Waals surface area contributed by atoms with Gasteiger partial charge in [-0.05, 0) is 33.6 Å². The summed E-state index contributed by atoms with van der Waals surface area (Å²) in [7, 11) is 0. The molecule has 1 aliphatic carbocycles. The van der Waals surface area contributed by atoms with Crippen molar-refractivity contribution in [2.24, 2.45) is 0 Å². The van der Waals surface area contributed by atoms with Crippen molar-refractivity contribution in [3.05, 3.63) is 0 Å². The van der Waals surface area contributed by atoms with Crippen LogP contribution in [0.25, 0.3) is 0 Å². The first-order chi connectivity index (χ1) is 8.99. The van der Waals surface area contributed by atoms with Gasteiger partial charge in [-0.3, -0.25) is 0 Å². The highest BCUT2D eigenvalue weighted by atomic mass is 19.3. The smallest absolute Gasteiger partial charge is 0.407 e. The van der Waals surface area contributed by atoms with Crippen molar-refractivity contribution in [1.82, 2.24) is 10.6 Å². The van der Waals surface area contributed by atoms with Gasteiger partial charge in [0.2, 0.25) is 0 Å². The lowest BCUT2D eigenvalue weighted by Crippen LogP contribution is -2.55. The van der Waals surface area contributed by atoms with Crippen LogP contribution in [0, 0.1) is 0 Å². The Morgan fingerprint density at radius 1 is 1.25 bits per heavy atom. The SMILES string of the molecule is CC(C)(C)OC(=O)NC1CC(NCC(F)(F)C(F)F)C1. The lowest BCUT2D eigenvalue weighted by atomic mass is 9.87. The number of carbonyl (C=O) groups excluding carboxylic acids is 1. The van der Waals surface area contributed by atoms with Crippen LogP contribution >= 0.6 is 0 Å². The fraction of sp³-hybridized carbons (Fsp3) is 0.917. The maximum atomic E-state index is 12.7. The molecule has 0 unspecified atom stereocenters. The number of carbonyl (C=O) groups is 1. The van der Waals surface area contributed by atoms with Crippen molar-refractivity contribution in [3.63, 3.8) is 0 Å². The van der Waals surface area contributed by atoms with Gasteiger partial charge >= 0.3 is 18.4 Å². The molecule has 0 aromatic heterocycles. The third-order valence-corrected chi connectivity index (χ3v) is 2.80. The molecule has 0 aliphatic heterocycles.